The predicted octanol–water partition coefficient (Wildman–Crippen LogP) is 2.23. The highest BCUT2D eigenvalue weighted by Gasteiger charge is 2.05. The molecular weight excluding hydrogens is 252 g/mol. The zero-order valence-corrected chi connectivity index (χ0v) is 10.6. The molecule has 0 unspecified atom stereocenters. The Balaban J connectivity index is 2.49. The van der Waals surface area contributed by atoms with Crippen LogP contribution < -0.4 is 10.9 Å². The summed E-state index contributed by atoms with van der Waals surface area (Å²) in [4.78, 5) is 22.9. The molecule has 0 saturated heterocycles. The molecule has 0 aliphatic heterocycles. The minimum absolute atomic E-state index is 0.375. The van der Waals surface area contributed by atoms with Gasteiger partial charge in [0.1, 0.15) is 0 Å². The molecule has 0 fully saturated rings. The number of amides is 2. The largest absolute Gasteiger partial charge is 0.269 e. The van der Waals surface area contributed by atoms with Gasteiger partial charge in [0.2, 0.25) is 0 Å². The standard InChI is InChI=1S/C13H13ClN2O2/c1-2-3-4-8-12(17)15-16-13(18)10-6-5-7-11(14)9-10/h2-9H,1H3,(H,15,17)(H,16,18)/b3-2+,8-4+. The Morgan fingerprint density at radius 3 is 2.67 bits per heavy atom. The van der Waals surface area contributed by atoms with E-state index in [1.54, 1.807) is 36.4 Å². The topological polar surface area (TPSA) is 58.2 Å². The van der Waals surface area contributed by atoms with Crippen molar-refractivity contribution in [2.75, 3.05) is 0 Å². The Morgan fingerprint density at radius 1 is 1.22 bits per heavy atom. The molecule has 0 aliphatic carbocycles. The van der Waals surface area contributed by atoms with Gasteiger partial charge < -0.3 is 0 Å². The number of hydrogen-bond acceptors (Lipinski definition) is 2. The van der Waals surface area contributed by atoms with Crippen LogP contribution in [0, 0.1) is 0 Å². The third-order valence-corrected chi connectivity index (χ3v) is 2.17. The van der Waals surface area contributed by atoms with Crippen molar-refractivity contribution in [1.29, 1.82) is 0 Å². The van der Waals surface area contributed by atoms with Gasteiger partial charge in [0.25, 0.3) is 11.8 Å². The molecule has 0 bridgehead atoms. The van der Waals surface area contributed by atoms with Crippen molar-refractivity contribution in [2.45, 2.75) is 6.92 Å². The van der Waals surface area contributed by atoms with E-state index in [1.165, 1.54) is 12.1 Å². The molecule has 2 amide bonds. The maximum Gasteiger partial charge on any atom is 0.269 e. The van der Waals surface area contributed by atoms with Crippen molar-refractivity contribution < 1.29 is 9.59 Å². The zero-order valence-electron chi connectivity index (χ0n) is 9.81. The monoisotopic (exact) mass is 264 g/mol. The van der Waals surface area contributed by atoms with E-state index in [1.807, 2.05) is 6.92 Å². The van der Waals surface area contributed by atoms with E-state index in [-0.39, 0.29) is 0 Å². The van der Waals surface area contributed by atoms with Gasteiger partial charge >= 0.3 is 0 Å². The first-order chi connectivity index (χ1) is 8.63. The fraction of sp³-hybridized carbons (Fsp3) is 0.0769. The van der Waals surface area contributed by atoms with Crippen molar-refractivity contribution >= 4 is 23.4 Å². The second kappa shape index (κ2) is 7.29. The maximum atomic E-state index is 11.6. The smallest absolute Gasteiger partial charge is 0.268 e. The van der Waals surface area contributed by atoms with Crippen LogP contribution in [0.5, 0.6) is 0 Å². The van der Waals surface area contributed by atoms with Crippen molar-refractivity contribution in [3.05, 3.63) is 59.2 Å². The molecule has 0 radical (unpaired) electrons. The number of hydrazine groups is 1. The lowest BCUT2D eigenvalue weighted by atomic mass is 10.2. The van der Waals surface area contributed by atoms with E-state index in [2.05, 4.69) is 10.9 Å². The van der Waals surface area contributed by atoms with Crippen molar-refractivity contribution in [3.8, 4) is 0 Å². The highest BCUT2D eigenvalue weighted by molar-refractivity contribution is 6.30. The van der Waals surface area contributed by atoms with Gasteiger partial charge in [-0.1, -0.05) is 35.9 Å². The number of benzene rings is 1. The molecule has 4 nitrogen and oxygen atoms in total. The van der Waals surface area contributed by atoms with Gasteiger partial charge in [-0.15, -0.1) is 0 Å². The van der Waals surface area contributed by atoms with E-state index in [4.69, 9.17) is 11.6 Å². The molecule has 1 aromatic rings. The molecule has 2 N–H and O–H groups in total. The van der Waals surface area contributed by atoms with Crippen LogP contribution in [0.4, 0.5) is 0 Å². The molecule has 1 aromatic carbocycles. The van der Waals surface area contributed by atoms with Crippen molar-refractivity contribution in [1.82, 2.24) is 10.9 Å². The lowest BCUT2D eigenvalue weighted by Crippen LogP contribution is -2.40. The molecule has 18 heavy (non-hydrogen) atoms. The highest BCUT2D eigenvalue weighted by atomic mass is 35.5. The molecule has 94 valence electrons. The summed E-state index contributed by atoms with van der Waals surface area (Å²) in [5.74, 6) is -0.839. The molecule has 1 rings (SSSR count). The van der Waals surface area contributed by atoms with Crippen LogP contribution in [0.2, 0.25) is 5.02 Å². The van der Waals surface area contributed by atoms with Gasteiger partial charge in [-0.25, -0.2) is 0 Å². The first kappa shape index (κ1) is 14.0. The van der Waals surface area contributed by atoms with Gasteiger partial charge in [-0.05, 0) is 25.1 Å². The van der Waals surface area contributed by atoms with E-state index < -0.39 is 11.8 Å². The van der Waals surface area contributed by atoms with Crippen molar-refractivity contribution in [3.63, 3.8) is 0 Å². The average Bonchev–Trinajstić information content (AvgIpc) is 2.36. The van der Waals surface area contributed by atoms with Crippen molar-refractivity contribution in [2.24, 2.45) is 0 Å². The Morgan fingerprint density at radius 2 is 2.00 bits per heavy atom. The van der Waals surface area contributed by atoms with Gasteiger partial charge in [0.15, 0.2) is 0 Å². The summed E-state index contributed by atoms with van der Waals surface area (Å²) in [6.07, 6.45) is 6.37. The summed E-state index contributed by atoms with van der Waals surface area (Å²) in [5.41, 5.74) is 4.91. The first-order valence-corrected chi connectivity index (χ1v) is 5.66. The zero-order chi connectivity index (χ0) is 13.4. The Labute approximate surface area is 110 Å². The summed E-state index contributed by atoms with van der Waals surface area (Å²) < 4.78 is 0. The summed E-state index contributed by atoms with van der Waals surface area (Å²) in [5, 5.41) is 0.460. The second-order valence-corrected chi connectivity index (χ2v) is 3.78. The van der Waals surface area contributed by atoms with Crippen LogP contribution in [0.3, 0.4) is 0 Å². The average molecular weight is 265 g/mol. The Bertz CT molecular complexity index is 496. The predicted molar refractivity (Wildman–Crippen MR) is 71.0 cm³/mol. The Hall–Kier alpha value is -2.07. The number of nitrogens with one attached hydrogen (secondary N) is 2. The van der Waals surface area contributed by atoms with Gasteiger partial charge in [0, 0.05) is 16.7 Å². The Kier molecular flexibility index (Phi) is 5.67. The fourth-order valence-electron chi connectivity index (χ4n) is 1.12. The minimum atomic E-state index is -0.426. The van der Waals surface area contributed by atoms with Gasteiger partial charge in [-0.3, -0.25) is 20.4 Å². The van der Waals surface area contributed by atoms with Crippen LogP contribution in [-0.2, 0) is 4.79 Å². The fourth-order valence-corrected chi connectivity index (χ4v) is 1.31. The number of rotatable bonds is 3. The third-order valence-electron chi connectivity index (χ3n) is 1.94. The molecule has 5 heteroatoms. The lowest BCUT2D eigenvalue weighted by Gasteiger charge is -2.05. The second-order valence-electron chi connectivity index (χ2n) is 3.34. The van der Waals surface area contributed by atoms with Gasteiger partial charge in [-0.2, -0.15) is 0 Å². The third kappa shape index (κ3) is 4.84. The minimum Gasteiger partial charge on any atom is -0.268 e. The molecule has 0 spiro atoms. The number of halogens is 1. The van der Waals surface area contributed by atoms with E-state index in [0.717, 1.165) is 0 Å². The van der Waals surface area contributed by atoms with Crippen LogP contribution in [-0.4, -0.2) is 11.8 Å². The summed E-state index contributed by atoms with van der Waals surface area (Å²) in [6, 6.07) is 6.43. The highest BCUT2D eigenvalue weighted by Crippen LogP contribution is 2.09. The molecular formula is C13H13ClN2O2. The molecule has 0 saturated carbocycles. The molecule has 0 aliphatic rings. The van der Waals surface area contributed by atoms with Crippen LogP contribution in [0.15, 0.2) is 48.6 Å². The van der Waals surface area contributed by atoms with E-state index in [9.17, 15) is 9.59 Å². The molecule has 0 atom stereocenters. The molecule has 0 heterocycles. The van der Waals surface area contributed by atoms with Crippen LogP contribution in [0.1, 0.15) is 17.3 Å². The number of hydrogen-bond donors (Lipinski definition) is 2. The van der Waals surface area contributed by atoms with Crippen LogP contribution in [0.25, 0.3) is 0 Å². The number of carbonyl (C=O) groups is 2. The summed E-state index contributed by atoms with van der Waals surface area (Å²) in [6.45, 7) is 1.84. The summed E-state index contributed by atoms with van der Waals surface area (Å²) in [7, 11) is 0. The SMILES string of the molecule is C/C=C/C=C/C(=O)NNC(=O)c1cccc(Cl)c1. The normalized spacial score (nSPS) is 10.8. The van der Waals surface area contributed by atoms with Gasteiger partial charge in [0.05, 0.1) is 0 Å². The first-order valence-electron chi connectivity index (χ1n) is 5.28. The lowest BCUT2D eigenvalue weighted by molar-refractivity contribution is -0.117. The maximum absolute atomic E-state index is 11.6. The number of carbonyl (C=O) groups excluding carboxylic acids is 2. The number of allylic oxidation sites excluding steroid dienone is 3. The molecule has 0 aromatic heterocycles. The van der Waals surface area contributed by atoms with Crippen LogP contribution >= 0.6 is 11.6 Å². The summed E-state index contributed by atoms with van der Waals surface area (Å²) >= 11 is 5.75. The quantitative estimate of drug-likeness (QED) is 0.500. The van der Waals surface area contributed by atoms with E-state index in [0.29, 0.717) is 10.6 Å². The van der Waals surface area contributed by atoms with E-state index >= 15 is 0 Å².